The van der Waals surface area contributed by atoms with E-state index in [1.54, 1.807) is 35.8 Å². The van der Waals surface area contributed by atoms with Gasteiger partial charge in [-0.1, -0.05) is 12.1 Å². The topological polar surface area (TPSA) is 72.1 Å². The number of amides is 1. The highest BCUT2D eigenvalue weighted by molar-refractivity contribution is 7.12. The van der Waals surface area contributed by atoms with Gasteiger partial charge in [-0.15, -0.1) is 11.3 Å². The van der Waals surface area contributed by atoms with Crippen LogP contribution in [-0.4, -0.2) is 29.2 Å². The first-order chi connectivity index (χ1) is 14.0. The molecule has 2 aromatic heterocycles. The Labute approximate surface area is 172 Å². The Morgan fingerprint density at radius 2 is 2.07 bits per heavy atom. The van der Waals surface area contributed by atoms with Crippen LogP contribution in [0.15, 0.2) is 63.6 Å². The fourth-order valence-corrected chi connectivity index (χ4v) is 3.90. The molecular weight excluding hydrogens is 388 g/mol. The van der Waals surface area contributed by atoms with Crippen LogP contribution in [0.2, 0.25) is 0 Å². The van der Waals surface area contributed by atoms with E-state index < -0.39 is 11.9 Å². The Kier molecular flexibility index (Phi) is 5.31. The first kappa shape index (κ1) is 19.1. The van der Waals surface area contributed by atoms with E-state index in [2.05, 4.69) is 5.10 Å². The summed E-state index contributed by atoms with van der Waals surface area (Å²) in [5.74, 6) is -0.276. The fraction of sp³-hybridized carbons (Fsp3) is 0.227. The summed E-state index contributed by atoms with van der Waals surface area (Å²) in [7, 11) is 0. The summed E-state index contributed by atoms with van der Waals surface area (Å²) in [4.78, 5) is 26.2. The minimum absolute atomic E-state index is 0.352. The Balaban J connectivity index is 1.49. The van der Waals surface area contributed by atoms with Crippen molar-refractivity contribution in [3.63, 3.8) is 0 Å². The summed E-state index contributed by atoms with van der Waals surface area (Å²) in [6, 6.07) is 12.5. The van der Waals surface area contributed by atoms with Gasteiger partial charge in [0.25, 0.3) is 5.91 Å². The molecule has 3 aromatic rings. The minimum Gasteiger partial charge on any atom is -0.467 e. The molecule has 1 aliphatic rings. The molecule has 0 spiro atoms. The van der Waals surface area contributed by atoms with E-state index in [-0.39, 0.29) is 12.6 Å². The van der Waals surface area contributed by atoms with Crippen LogP contribution in [0.1, 0.15) is 44.6 Å². The lowest BCUT2D eigenvalue weighted by atomic mass is 10.1. The van der Waals surface area contributed by atoms with Crippen LogP contribution >= 0.6 is 11.3 Å². The number of hydrogen-bond donors (Lipinski definition) is 0. The van der Waals surface area contributed by atoms with Crippen molar-refractivity contribution >= 4 is 28.9 Å². The number of thiophene rings is 1. The minimum atomic E-state index is -0.530. The molecule has 1 aliphatic heterocycles. The van der Waals surface area contributed by atoms with Crippen molar-refractivity contribution < 1.29 is 18.7 Å². The Hall–Kier alpha value is -3.19. The number of rotatable bonds is 5. The second-order valence-electron chi connectivity index (χ2n) is 6.87. The normalized spacial score (nSPS) is 16.0. The predicted octanol–water partition coefficient (Wildman–Crippen LogP) is 4.49. The van der Waals surface area contributed by atoms with Gasteiger partial charge in [-0.25, -0.2) is 9.80 Å². The SMILES string of the molecule is Cc1ccc(C(=O)OCC(=O)N2N=C(c3cccs3)CC2c2ccco2)cc1C. The molecule has 148 valence electrons. The second-order valence-corrected chi connectivity index (χ2v) is 7.82. The summed E-state index contributed by atoms with van der Waals surface area (Å²) in [6.07, 6.45) is 2.12. The van der Waals surface area contributed by atoms with Crippen molar-refractivity contribution in [1.29, 1.82) is 0 Å². The molecule has 6 nitrogen and oxygen atoms in total. The third-order valence-electron chi connectivity index (χ3n) is 4.91. The molecule has 0 bridgehead atoms. The number of aryl methyl sites for hydroxylation is 2. The van der Waals surface area contributed by atoms with Gasteiger partial charge in [0.05, 0.1) is 22.4 Å². The summed E-state index contributed by atoms with van der Waals surface area (Å²) >= 11 is 1.57. The molecule has 29 heavy (non-hydrogen) atoms. The van der Waals surface area contributed by atoms with E-state index in [1.165, 1.54) is 5.01 Å². The molecular formula is C22H20N2O4S. The summed E-state index contributed by atoms with van der Waals surface area (Å²) in [5, 5.41) is 7.83. The number of nitrogens with zero attached hydrogens (tertiary/aromatic N) is 2. The average Bonchev–Trinajstić information content (AvgIpc) is 3.48. The van der Waals surface area contributed by atoms with Crippen LogP contribution in [0.4, 0.5) is 0 Å². The molecule has 1 amide bonds. The van der Waals surface area contributed by atoms with Crippen LogP contribution in [0.5, 0.6) is 0 Å². The molecule has 0 fully saturated rings. The van der Waals surface area contributed by atoms with Gasteiger partial charge in [-0.3, -0.25) is 4.79 Å². The zero-order valence-electron chi connectivity index (χ0n) is 16.1. The van der Waals surface area contributed by atoms with E-state index in [1.807, 2.05) is 43.5 Å². The zero-order valence-corrected chi connectivity index (χ0v) is 16.9. The van der Waals surface area contributed by atoms with Crippen molar-refractivity contribution in [2.24, 2.45) is 5.10 Å². The van der Waals surface area contributed by atoms with E-state index in [0.29, 0.717) is 17.7 Å². The molecule has 0 saturated carbocycles. The molecule has 3 heterocycles. The number of esters is 1. The highest BCUT2D eigenvalue weighted by Crippen LogP contribution is 2.34. The van der Waals surface area contributed by atoms with Crippen molar-refractivity contribution in [2.45, 2.75) is 26.3 Å². The molecule has 0 aliphatic carbocycles. The van der Waals surface area contributed by atoms with E-state index in [9.17, 15) is 9.59 Å². The van der Waals surface area contributed by atoms with Gasteiger partial charge >= 0.3 is 5.97 Å². The number of benzene rings is 1. The molecule has 1 aromatic carbocycles. The van der Waals surface area contributed by atoms with Gasteiger partial charge in [0.2, 0.25) is 0 Å². The Morgan fingerprint density at radius 1 is 1.21 bits per heavy atom. The lowest BCUT2D eigenvalue weighted by molar-refractivity contribution is -0.136. The van der Waals surface area contributed by atoms with Gasteiger partial charge in [0.15, 0.2) is 6.61 Å². The number of carbonyl (C=O) groups excluding carboxylic acids is 2. The summed E-state index contributed by atoms with van der Waals surface area (Å²) in [6.45, 7) is 3.51. The van der Waals surface area contributed by atoms with Crippen LogP contribution in [-0.2, 0) is 9.53 Å². The van der Waals surface area contributed by atoms with Gasteiger partial charge in [0.1, 0.15) is 11.8 Å². The smallest absolute Gasteiger partial charge is 0.338 e. The second kappa shape index (κ2) is 8.05. The third-order valence-corrected chi connectivity index (χ3v) is 5.83. The van der Waals surface area contributed by atoms with Crippen molar-refractivity contribution in [1.82, 2.24) is 5.01 Å². The maximum Gasteiger partial charge on any atom is 0.338 e. The Bertz CT molecular complexity index is 1050. The molecule has 0 saturated heterocycles. The van der Waals surface area contributed by atoms with Gasteiger partial charge in [0, 0.05) is 6.42 Å². The predicted molar refractivity (Wildman–Crippen MR) is 110 cm³/mol. The van der Waals surface area contributed by atoms with E-state index >= 15 is 0 Å². The largest absolute Gasteiger partial charge is 0.467 e. The molecule has 7 heteroatoms. The molecule has 1 unspecified atom stereocenters. The average molecular weight is 408 g/mol. The van der Waals surface area contributed by atoms with Gasteiger partial charge in [-0.2, -0.15) is 5.10 Å². The van der Waals surface area contributed by atoms with Gasteiger partial charge in [-0.05, 0) is 60.7 Å². The zero-order chi connectivity index (χ0) is 20.4. The van der Waals surface area contributed by atoms with Crippen LogP contribution in [0.25, 0.3) is 0 Å². The molecule has 0 radical (unpaired) electrons. The van der Waals surface area contributed by atoms with Crippen molar-refractivity contribution in [3.05, 3.63) is 81.4 Å². The summed E-state index contributed by atoms with van der Waals surface area (Å²) in [5.41, 5.74) is 3.32. The third kappa shape index (κ3) is 4.00. The van der Waals surface area contributed by atoms with Gasteiger partial charge < -0.3 is 9.15 Å². The molecule has 1 atom stereocenters. The highest BCUT2D eigenvalue weighted by Gasteiger charge is 2.35. The van der Waals surface area contributed by atoms with Crippen molar-refractivity contribution in [3.8, 4) is 0 Å². The monoisotopic (exact) mass is 408 g/mol. The molecule has 0 N–H and O–H groups in total. The maximum absolute atomic E-state index is 12.8. The number of ether oxygens (including phenoxy) is 1. The summed E-state index contributed by atoms with van der Waals surface area (Å²) < 4.78 is 10.8. The fourth-order valence-electron chi connectivity index (χ4n) is 3.18. The molecule has 4 rings (SSSR count). The number of carbonyl (C=O) groups is 2. The van der Waals surface area contributed by atoms with E-state index in [0.717, 1.165) is 21.7 Å². The standard InChI is InChI=1S/C22H20N2O4S/c1-14-7-8-16(11-15(14)2)22(26)28-13-21(25)24-18(19-5-3-9-27-19)12-17(23-24)20-6-4-10-29-20/h3-11,18H,12-13H2,1-2H3. The first-order valence-electron chi connectivity index (χ1n) is 9.24. The van der Waals surface area contributed by atoms with Crippen LogP contribution in [0.3, 0.4) is 0 Å². The lowest BCUT2D eigenvalue weighted by Gasteiger charge is -2.19. The lowest BCUT2D eigenvalue weighted by Crippen LogP contribution is -2.31. The Morgan fingerprint density at radius 3 is 2.76 bits per heavy atom. The number of hydrazone groups is 1. The van der Waals surface area contributed by atoms with Crippen molar-refractivity contribution in [2.75, 3.05) is 6.61 Å². The maximum atomic E-state index is 12.8. The highest BCUT2D eigenvalue weighted by atomic mass is 32.1. The van der Waals surface area contributed by atoms with Crippen LogP contribution in [0, 0.1) is 13.8 Å². The number of furan rings is 1. The van der Waals surface area contributed by atoms with Crippen LogP contribution < -0.4 is 0 Å². The number of hydrogen-bond acceptors (Lipinski definition) is 6. The quantitative estimate of drug-likeness (QED) is 0.583. The van der Waals surface area contributed by atoms with E-state index in [4.69, 9.17) is 9.15 Å². The first-order valence-corrected chi connectivity index (χ1v) is 10.1.